The van der Waals surface area contributed by atoms with Crippen LogP contribution in [0.25, 0.3) is 0 Å². The third-order valence-corrected chi connectivity index (χ3v) is 3.23. The number of nitrogens with zero attached hydrogens (tertiary/aromatic N) is 1. The Morgan fingerprint density at radius 2 is 2.18 bits per heavy atom. The van der Waals surface area contributed by atoms with Gasteiger partial charge in [-0.15, -0.1) is 0 Å². The van der Waals surface area contributed by atoms with Gasteiger partial charge < -0.3 is 15.8 Å². The number of nitrogens with two attached hydrogens (primary N) is 1. The standard InChI is InChI=1S/C12H25N3O2/c1-10(9-17-2)14-12(16)8-15-5-3-11(7-13)4-6-15/h10-11H,3-9,13H2,1-2H3,(H,14,16). The second kappa shape index (κ2) is 7.63. The lowest BCUT2D eigenvalue weighted by Gasteiger charge is -2.31. The summed E-state index contributed by atoms with van der Waals surface area (Å²) in [7, 11) is 1.64. The van der Waals surface area contributed by atoms with E-state index in [0.29, 0.717) is 19.1 Å². The SMILES string of the molecule is COCC(C)NC(=O)CN1CCC(CN)CC1. The molecule has 0 aromatic heterocycles. The summed E-state index contributed by atoms with van der Waals surface area (Å²) in [6, 6.07) is 0.0779. The number of rotatable bonds is 6. The molecular weight excluding hydrogens is 218 g/mol. The molecule has 17 heavy (non-hydrogen) atoms. The summed E-state index contributed by atoms with van der Waals surface area (Å²) in [6.45, 7) is 5.72. The molecule has 0 saturated carbocycles. The molecule has 0 spiro atoms. The van der Waals surface area contributed by atoms with Crippen LogP contribution in [-0.4, -0.2) is 56.7 Å². The topological polar surface area (TPSA) is 67.6 Å². The summed E-state index contributed by atoms with van der Waals surface area (Å²) in [5, 5.41) is 2.92. The van der Waals surface area contributed by atoms with Gasteiger partial charge in [-0.1, -0.05) is 0 Å². The molecule has 1 fully saturated rings. The van der Waals surface area contributed by atoms with E-state index in [1.165, 1.54) is 0 Å². The first-order valence-electron chi connectivity index (χ1n) is 6.36. The van der Waals surface area contributed by atoms with Crippen LogP contribution in [0, 0.1) is 5.92 Å². The fourth-order valence-electron chi connectivity index (χ4n) is 2.20. The Morgan fingerprint density at radius 3 is 2.71 bits per heavy atom. The number of likely N-dealkylation sites (tertiary alicyclic amines) is 1. The zero-order chi connectivity index (χ0) is 12.7. The molecule has 0 aliphatic carbocycles. The van der Waals surface area contributed by atoms with Gasteiger partial charge in [0.25, 0.3) is 0 Å². The maximum atomic E-state index is 11.7. The first kappa shape index (κ1) is 14.4. The van der Waals surface area contributed by atoms with Crippen LogP contribution in [-0.2, 0) is 9.53 Å². The minimum Gasteiger partial charge on any atom is -0.383 e. The Kier molecular flexibility index (Phi) is 6.47. The first-order chi connectivity index (χ1) is 8.15. The Morgan fingerprint density at radius 1 is 1.53 bits per heavy atom. The number of hydrogen-bond donors (Lipinski definition) is 2. The van der Waals surface area contributed by atoms with E-state index in [-0.39, 0.29) is 11.9 Å². The lowest BCUT2D eigenvalue weighted by molar-refractivity contribution is -0.123. The van der Waals surface area contributed by atoms with E-state index in [9.17, 15) is 4.79 Å². The molecule has 1 unspecified atom stereocenters. The molecule has 1 aliphatic rings. The van der Waals surface area contributed by atoms with Gasteiger partial charge in [0, 0.05) is 13.2 Å². The van der Waals surface area contributed by atoms with Gasteiger partial charge in [-0.05, 0) is 45.3 Å². The summed E-state index contributed by atoms with van der Waals surface area (Å²) < 4.78 is 4.98. The van der Waals surface area contributed by atoms with Gasteiger partial charge in [0.2, 0.25) is 5.91 Å². The van der Waals surface area contributed by atoms with Crippen molar-refractivity contribution in [1.29, 1.82) is 0 Å². The van der Waals surface area contributed by atoms with Crippen molar-refractivity contribution >= 4 is 5.91 Å². The highest BCUT2D eigenvalue weighted by molar-refractivity contribution is 5.78. The number of piperidine rings is 1. The molecule has 0 aromatic carbocycles. The van der Waals surface area contributed by atoms with E-state index in [4.69, 9.17) is 10.5 Å². The fourth-order valence-corrected chi connectivity index (χ4v) is 2.20. The maximum Gasteiger partial charge on any atom is 0.234 e. The van der Waals surface area contributed by atoms with Gasteiger partial charge in [0.05, 0.1) is 13.2 Å². The minimum absolute atomic E-state index is 0.0779. The Hall–Kier alpha value is -0.650. The Labute approximate surface area is 104 Å². The quantitative estimate of drug-likeness (QED) is 0.678. The molecule has 1 saturated heterocycles. The number of ether oxygens (including phenoxy) is 1. The van der Waals surface area contributed by atoms with Crippen molar-refractivity contribution in [2.45, 2.75) is 25.8 Å². The van der Waals surface area contributed by atoms with E-state index in [1.807, 2.05) is 6.92 Å². The molecule has 1 amide bonds. The van der Waals surface area contributed by atoms with Gasteiger partial charge in [-0.25, -0.2) is 0 Å². The molecule has 1 atom stereocenters. The second-order valence-corrected chi connectivity index (χ2v) is 4.88. The fraction of sp³-hybridized carbons (Fsp3) is 0.917. The molecule has 0 bridgehead atoms. The molecule has 5 nitrogen and oxygen atoms in total. The van der Waals surface area contributed by atoms with Crippen LogP contribution >= 0.6 is 0 Å². The summed E-state index contributed by atoms with van der Waals surface area (Å²) >= 11 is 0. The van der Waals surface area contributed by atoms with Crippen LogP contribution in [0.4, 0.5) is 0 Å². The molecule has 0 radical (unpaired) electrons. The van der Waals surface area contributed by atoms with E-state index < -0.39 is 0 Å². The van der Waals surface area contributed by atoms with E-state index in [1.54, 1.807) is 7.11 Å². The van der Waals surface area contributed by atoms with Crippen LogP contribution in [0.3, 0.4) is 0 Å². The average Bonchev–Trinajstić information content (AvgIpc) is 2.30. The lowest BCUT2D eigenvalue weighted by Crippen LogP contribution is -2.45. The molecule has 1 aliphatic heterocycles. The molecule has 1 rings (SSSR count). The van der Waals surface area contributed by atoms with Crippen molar-refractivity contribution in [3.05, 3.63) is 0 Å². The zero-order valence-corrected chi connectivity index (χ0v) is 10.9. The highest BCUT2D eigenvalue weighted by Crippen LogP contribution is 2.15. The van der Waals surface area contributed by atoms with Gasteiger partial charge in [-0.3, -0.25) is 9.69 Å². The van der Waals surface area contributed by atoms with Crippen molar-refractivity contribution in [2.24, 2.45) is 11.7 Å². The number of methoxy groups -OCH3 is 1. The summed E-state index contributed by atoms with van der Waals surface area (Å²) in [6.07, 6.45) is 2.22. The number of nitrogens with one attached hydrogen (secondary N) is 1. The average molecular weight is 243 g/mol. The van der Waals surface area contributed by atoms with Gasteiger partial charge in [-0.2, -0.15) is 0 Å². The van der Waals surface area contributed by atoms with Gasteiger partial charge in [0.1, 0.15) is 0 Å². The van der Waals surface area contributed by atoms with Gasteiger partial charge >= 0.3 is 0 Å². The largest absolute Gasteiger partial charge is 0.383 e. The van der Waals surface area contributed by atoms with Crippen LogP contribution in [0.5, 0.6) is 0 Å². The second-order valence-electron chi connectivity index (χ2n) is 4.88. The molecule has 3 N–H and O–H groups in total. The molecule has 100 valence electrons. The molecular formula is C12H25N3O2. The number of hydrogen-bond acceptors (Lipinski definition) is 4. The monoisotopic (exact) mass is 243 g/mol. The van der Waals surface area contributed by atoms with Crippen molar-refractivity contribution in [1.82, 2.24) is 10.2 Å². The summed E-state index contributed by atoms with van der Waals surface area (Å²) in [5.41, 5.74) is 5.64. The maximum absolute atomic E-state index is 11.7. The van der Waals surface area contributed by atoms with Crippen molar-refractivity contribution in [2.75, 3.05) is 39.9 Å². The first-order valence-corrected chi connectivity index (χ1v) is 6.36. The van der Waals surface area contributed by atoms with E-state index in [2.05, 4.69) is 10.2 Å². The lowest BCUT2D eigenvalue weighted by atomic mass is 9.97. The smallest absolute Gasteiger partial charge is 0.234 e. The third kappa shape index (κ3) is 5.48. The van der Waals surface area contributed by atoms with E-state index in [0.717, 1.165) is 32.5 Å². The van der Waals surface area contributed by atoms with Crippen molar-refractivity contribution in [3.8, 4) is 0 Å². The van der Waals surface area contributed by atoms with E-state index >= 15 is 0 Å². The zero-order valence-electron chi connectivity index (χ0n) is 10.9. The predicted molar refractivity (Wildman–Crippen MR) is 67.7 cm³/mol. The highest BCUT2D eigenvalue weighted by Gasteiger charge is 2.20. The third-order valence-electron chi connectivity index (χ3n) is 3.23. The highest BCUT2D eigenvalue weighted by atomic mass is 16.5. The number of amides is 1. The number of carbonyl (C=O) groups is 1. The minimum atomic E-state index is 0.0779. The van der Waals surface area contributed by atoms with Crippen LogP contribution in [0.1, 0.15) is 19.8 Å². The number of carbonyl (C=O) groups excluding carboxylic acids is 1. The predicted octanol–water partition coefficient (Wildman–Crippen LogP) is -0.192. The summed E-state index contributed by atoms with van der Waals surface area (Å²) in [4.78, 5) is 13.9. The normalized spacial score (nSPS) is 20.2. The Bertz CT molecular complexity index is 228. The van der Waals surface area contributed by atoms with Crippen LogP contribution in [0.15, 0.2) is 0 Å². The molecule has 0 aromatic rings. The van der Waals surface area contributed by atoms with Crippen LogP contribution < -0.4 is 11.1 Å². The van der Waals surface area contributed by atoms with Crippen molar-refractivity contribution < 1.29 is 9.53 Å². The van der Waals surface area contributed by atoms with Crippen molar-refractivity contribution in [3.63, 3.8) is 0 Å². The molecule has 1 heterocycles. The van der Waals surface area contributed by atoms with Crippen LogP contribution in [0.2, 0.25) is 0 Å². The summed E-state index contributed by atoms with van der Waals surface area (Å²) in [5.74, 6) is 0.725. The Balaban J connectivity index is 2.19. The molecule has 5 heteroatoms. The van der Waals surface area contributed by atoms with Gasteiger partial charge in [0.15, 0.2) is 0 Å².